The SMILES string of the molecule is CCCN1CCN(C(C)C)C1=N. The molecule has 1 N–H and O–H groups in total. The Bertz CT molecular complexity index is 165. The minimum Gasteiger partial charge on any atom is -0.341 e. The van der Waals surface area contributed by atoms with E-state index < -0.39 is 0 Å². The van der Waals surface area contributed by atoms with Gasteiger partial charge >= 0.3 is 0 Å². The quantitative estimate of drug-likeness (QED) is 0.691. The molecule has 0 atom stereocenters. The first-order chi connectivity index (χ1) is 5.66. The molecule has 1 rings (SSSR count). The van der Waals surface area contributed by atoms with Gasteiger partial charge in [0.25, 0.3) is 0 Å². The number of hydrogen-bond acceptors (Lipinski definition) is 1. The van der Waals surface area contributed by atoms with E-state index in [-0.39, 0.29) is 0 Å². The first-order valence-electron chi connectivity index (χ1n) is 4.77. The molecule has 0 spiro atoms. The van der Waals surface area contributed by atoms with E-state index >= 15 is 0 Å². The number of nitrogens with zero attached hydrogens (tertiary/aromatic N) is 2. The monoisotopic (exact) mass is 169 g/mol. The predicted molar refractivity (Wildman–Crippen MR) is 51.4 cm³/mol. The van der Waals surface area contributed by atoms with Crippen molar-refractivity contribution in [3.8, 4) is 0 Å². The molecule has 12 heavy (non-hydrogen) atoms. The van der Waals surface area contributed by atoms with Crippen molar-refractivity contribution in [1.82, 2.24) is 9.80 Å². The number of rotatable bonds is 3. The van der Waals surface area contributed by atoms with Gasteiger partial charge < -0.3 is 9.80 Å². The third kappa shape index (κ3) is 1.71. The third-order valence-corrected chi connectivity index (χ3v) is 2.30. The minimum atomic E-state index is 0.472. The van der Waals surface area contributed by atoms with Gasteiger partial charge in [0.1, 0.15) is 0 Å². The van der Waals surface area contributed by atoms with Crippen LogP contribution in [0.5, 0.6) is 0 Å². The first kappa shape index (κ1) is 9.36. The molecule has 1 fully saturated rings. The Morgan fingerprint density at radius 1 is 1.42 bits per heavy atom. The molecular formula is C9H19N3. The second-order valence-electron chi connectivity index (χ2n) is 3.60. The van der Waals surface area contributed by atoms with E-state index in [1.54, 1.807) is 0 Å². The minimum absolute atomic E-state index is 0.472. The molecular weight excluding hydrogens is 150 g/mol. The number of nitrogens with one attached hydrogen (secondary N) is 1. The van der Waals surface area contributed by atoms with Crippen LogP contribution in [-0.2, 0) is 0 Å². The third-order valence-electron chi connectivity index (χ3n) is 2.30. The molecule has 0 radical (unpaired) electrons. The van der Waals surface area contributed by atoms with E-state index in [2.05, 4.69) is 30.6 Å². The second kappa shape index (κ2) is 3.78. The van der Waals surface area contributed by atoms with E-state index in [1.165, 1.54) is 0 Å². The van der Waals surface area contributed by atoms with Crippen molar-refractivity contribution < 1.29 is 0 Å². The van der Waals surface area contributed by atoms with E-state index in [0.29, 0.717) is 12.0 Å². The fourth-order valence-electron chi connectivity index (χ4n) is 1.61. The fourth-order valence-corrected chi connectivity index (χ4v) is 1.61. The molecule has 1 aliphatic heterocycles. The molecule has 0 aromatic carbocycles. The van der Waals surface area contributed by atoms with Gasteiger partial charge in [0, 0.05) is 25.7 Å². The normalized spacial score (nSPS) is 18.2. The van der Waals surface area contributed by atoms with Crippen molar-refractivity contribution in [3.63, 3.8) is 0 Å². The predicted octanol–water partition coefficient (Wildman–Crippen LogP) is 1.36. The summed E-state index contributed by atoms with van der Waals surface area (Å²) in [5.74, 6) is 0.715. The fraction of sp³-hybridized carbons (Fsp3) is 0.889. The second-order valence-corrected chi connectivity index (χ2v) is 3.60. The molecule has 0 bridgehead atoms. The van der Waals surface area contributed by atoms with Gasteiger partial charge in [-0.05, 0) is 20.3 Å². The maximum absolute atomic E-state index is 7.85. The van der Waals surface area contributed by atoms with Crippen LogP contribution in [0.4, 0.5) is 0 Å². The zero-order valence-corrected chi connectivity index (χ0v) is 8.30. The summed E-state index contributed by atoms with van der Waals surface area (Å²) in [5.41, 5.74) is 0. The van der Waals surface area contributed by atoms with E-state index in [4.69, 9.17) is 5.41 Å². The van der Waals surface area contributed by atoms with Gasteiger partial charge in [-0.15, -0.1) is 0 Å². The van der Waals surface area contributed by atoms with Gasteiger partial charge in [0.2, 0.25) is 0 Å². The Kier molecular flexibility index (Phi) is 2.95. The highest BCUT2D eigenvalue weighted by atomic mass is 15.4. The van der Waals surface area contributed by atoms with E-state index in [9.17, 15) is 0 Å². The summed E-state index contributed by atoms with van der Waals surface area (Å²) in [7, 11) is 0. The number of hydrogen-bond donors (Lipinski definition) is 1. The lowest BCUT2D eigenvalue weighted by molar-refractivity contribution is 0.381. The summed E-state index contributed by atoms with van der Waals surface area (Å²) < 4.78 is 0. The van der Waals surface area contributed by atoms with Gasteiger partial charge in [-0.25, -0.2) is 0 Å². The summed E-state index contributed by atoms with van der Waals surface area (Å²) in [4.78, 5) is 4.30. The Hall–Kier alpha value is -0.730. The maximum Gasteiger partial charge on any atom is 0.194 e. The van der Waals surface area contributed by atoms with Gasteiger partial charge in [-0.2, -0.15) is 0 Å². The molecule has 1 heterocycles. The highest BCUT2D eigenvalue weighted by Gasteiger charge is 2.25. The van der Waals surface area contributed by atoms with Crippen molar-refractivity contribution in [1.29, 1.82) is 5.41 Å². The van der Waals surface area contributed by atoms with Crippen LogP contribution in [0.15, 0.2) is 0 Å². The lowest BCUT2D eigenvalue weighted by Gasteiger charge is -2.24. The van der Waals surface area contributed by atoms with Crippen LogP contribution in [0, 0.1) is 5.41 Å². The largest absolute Gasteiger partial charge is 0.341 e. The molecule has 0 saturated carbocycles. The van der Waals surface area contributed by atoms with Crippen molar-refractivity contribution in [2.24, 2.45) is 0 Å². The lowest BCUT2D eigenvalue weighted by atomic mass is 10.3. The van der Waals surface area contributed by atoms with Crippen molar-refractivity contribution in [2.45, 2.75) is 33.2 Å². The summed E-state index contributed by atoms with van der Waals surface area (Å²) in [6.45, 7) is 9.53. The van der Waals surface area contributed by atoms with E-state index in [0.717, 1.165) is 26.1 Å². The molecule has 0 amide bonds. The maximum atomic E-state index is 7.85. The van der Waals surface area contributed by atoms with Crippen molar-refractivity contribution in [2.75, 3.05) is 19.6 Å². The zero-order valence-electron chi connectivity index (χ0n) is 8.30. The van der Waals surface area contributed by atoms with Gasteiger partial charge in [0.05, 0.1) is 0 Å². The summed E-state index contributed by atoms with van der Waals surface area (Å²) in [6.07, 6.45) is 1.13. The topological polar surface area (TPSA) is 30.3 Å². The highest BCUT2D eigenvalue weighted by molar-refractivity contribution is 5.79. The Balaban J connectivity index is 2.49. The van der Waals surface area contributed by atoms with Crippen LogP contribution in [0.1, 0.15) is 27.2 Å². The Labute approximate surface area is 74.9 Å². The molecule has 0 aromatic rings. The molecule has 1 saturated heterocycles. The molecule has 3 nitrogen and oxygen atoms in total. The van der Waals surface area contributed by atoms with Crippen LogP contribution in [0.3, 0.4) is 0 Å². The van der Waals surface area contributed by atoms with Crippen LogP contribution < -0.4 is 0 Å². The first-order valence-corrected chi connectivity index (χ1v) is 4.77. The van der Waals surface area contributed by atoms with Crippen LogP contribution in [0.2, 0.25) is 0 Å². The van der Waals surface area contributed by atoms with Gasteiger partial charge in [-0.1, -0.05) is 6.92 Å². The number of guanidine groups is 1. The molecule has 0 aliphatic carbocycles. The molecule has 0 aromatic heterocycles. The zero-order chi connectivity index (χ0) is 9.14. The smallest absolute Gasteiger partial charge is 0.194 e. The van der Waals surface area contributed by atoms with Crippen LogP contribution in [0.25, 0.3) is 0 Å². The van der Waals surface area contributed by atoms with Crippen LogP contribution in [-0.4, -0.2) is 41.4 Å². The van der Waals surface area contributed by atoms with Crippen molar-refractivity contribution in [3.05, 3.63) is 0 Å². The Morgan fingerprint density at radius 3 is 2.50 bits per heavy atom. The molecule has 0 unspecified atom stereocenters. The average molecular weight is 169 g/mol. The van der Waals surface area contributed by atoms with Gasteiger partial charge in [-0.3, -0.25) is 5.41 Å². The average Bonchev–Trinajstić information content (AvgIpc) is 2.34. The molecule has 1 aliphatic rings. The van der Waals surface area contributed by atoms with Crippen LogP contribution >= 0.6 is 0 Å². The highest BCUT2D eigenvalue weighted by Crippen LogP contribution is 2.10. The summed E-state index contributed by atoms with van der Waals surface area (Å²) in [6, 6.07) is 0.472. The Morgan fingerprint density at radius 2 is 2.08 bits per heavy atom. The molecule has 3 heteroatoms. The lowest BCUT2D eigenvalue weighted by Crippen LogP contribution is -2.37. The standard InChI is InChI=1S/C9H19N3/c1-4-5-11-6-7-12(8(2)3)9(11)10/h8,10H,4-7H2,1-3H3. The summed E-state index contributed by atoms with van der Waals surface area (Å²) >= 11 is 0. The van der Waals surface area contributed by atoms with Crippen molar-refractivity contribution >= 4 is 5.96 Å². The summed E-state index contributed by atoms with van der Waals surface area (Å²) in [5, 5.41) is 7.85. The van der Waals surface area contributed by atoms with E-state index in [1.807, 2.05) is 0 Å². The molecule has 70 valence electrons. The van der Waals surface area contributed by atoms with Gasteiger partial charge in [0.15, 0.2) is 5.96 Å².